The minimum atomic E-state index is -0.381. The summed E-state index contributed by atoms with van der Waals surface area (Å²) in [5.74, 6) is 0.498. The zero-order valence-corrected chi connectivity index (χ0v) is 22.2. The van der Waals surface area contributed by atoms with E-state index in [0.29, 0.717) is 30.2 Å². The Labute approximate surface area is 197 Å². The standard InChI is InChI=1S/C26H51NO3S/c1-19-14-12-10-8-9-11-13-15-23(20(2)18-21(3)27-22(4)31-7)30-24(28)16-17-26(5,6)25(19)29/h19-23,25,27,29H,8-18H2,1-7H3/t19-,20-,21+,22-,23-,25+/m0/s1. The van der Waals surface area contributed by atoms with Crippen molar-refractivity contribution in [3.63, 3.8) is 0 Å². The van der Waals surface area contributed by atoms with Gasteiger partial charge in [-0.05, 0) is 69.5 Å². The van der Waals surface area contributed by atoms with Gasteiger partial charge in [-0.1, -0.05) is 59.8 Å². The van der Waals surface area contributed by atoms with Gasteiger partial charge in [-0.2, -0.15) is 0 Å². The van der Waals surface area contributed by atoms with E-state index in [9.17, 15) is 9.90 Å². The molecule has 6 atom stereocenters. The SMILES string of the molecule is CS[C@@H](C)N[C@H](C)C[C@H](C)[C@@H]1CCCCCCCC[C@H](C)[C@@H](O)C(C)(C)CCC(=O)O1. The predicted molar refractivity (Wildman–Crippen MR) is 134 cm³/mol. The van der Waals surface area contributed by atoms with Gasteiger partial charge in [-0.3, -0.25) is 4.79 Å². The number of rotatable bonds is 6. The van der Waals surface area contributed by atoms with E-state index in [1.807, 2.05) is 11.8 Å². The highest BCUT2D eigenvalue weighted by atomic mass is 32.2. The zero-order chi connectivity index (χ0) is 23.4. The number of carbonyl (C=O) groups excluding carboxylic acids is 1. The summed E-state index contributed by atoms with van der Waals surface area (Å²) >= 11 is 1.82. The molecule has 0 aromatic heterocycles. The number of carbonyl (C=O) groups is 1. The molecule has 1 fully saturated rings. The van der Waals surface area contributed by atoms with Crippen molar-refractivity contribution in [1.29, 1.82) is 0 Å². The van der Waals surface area contributed by atoms with Crippen LogP contribution in [0, 0.1) is 17.3 Å². The number of aliphatic hydroxyl groups excluding tert-OH is 1. The minimum absolute atomic E-state index is 0.0128. The van der Waals surface area contributed by atoms with Crippen LogP contribution in [0.2, 0.25) is 0 Å². The molecule has 0 spiro atoms. The zero-order valence-electron chi connectivity index (χ0n) is 21.4. The van der Waals surface area contributed by atoms with Crippen LogP contribution in [0.25, 0.3) is 0 Å². The monoisotopic (exact) mass is 457 g/mol. The maximum atomic E-state index is 12.8. The maximum absolute atomic E-state index is 12.8. The first-order chi connectivity index (χ1) is 14.6. The molecule has 5 heteroatoms. The number of hydrogen-bond acceptors (Lipinski definition) is 5. The van der Waals surface area contributed by atoms with Crippen LogP contribution in [0.1, 0.15) is 112 Å². The fourth-order valence-electron chi connectivity index (χ4n) is 4.95. The second kappa shape index (κ2) is 14.8. The van der Waals surface area contributed by atoms with Gasteiger partial charge in [0.25, 0.3) is 0 Å². The minimum Gasteiger partial charge on any atom is -0.462 e. The first-order valence-electron chi connectivity index (χ1n) is 12.7. The number of esters is 1. The second-order valence-electron chi connectivity index (χ2n) is 10.8. The molecule has 0 unspecified atom stereocenters. The van der Waals surface area contributed by atoms with Crippen LogP contribution in [0.3, 0.4) is 0 Å². The quantitative estimate of drug-likeness (QED) is 0.350. The summed E-state index contributed by atoms with van der Waals surface area (Å²) in [5.41, 5.74) is -0.275. The van der Waals surface area contributed by atoms with E-state index in [1.165, 1.54) is 32.1 Å². The molecule has 1 heterocycles. The fourth-order valence-corrected chi connectivity index (χ4v) is 5.32. The molecule has 31 heavy (non-hydrogen) atoms. The van der Waals surface area contributed by atoms with Gasteiger partial charge in [0.05, 0.1) is 11.5 Å². The highest BCUT2D eigenvalue weighted by Crippen LogP contribution is 2.34. The fraction of sp³-hybridized carbons (Fsp3) is 0.962. The third-order valence-corrected chi connectivity index (χ3v) is 8.07. The van der Waals surface area contributed by atoms with Gasteiger partial charge in [0.1, 0.15) is 6.10 Å². The summed E-state index contributed by atoms with van der Waals surface area (Å²) in [4.78, 5) is 12.8. The lowest BCUT2D eigenvalue weighted by molar-refractivity contribution is -0.153. The van der Waals surface area contributed by atoms with Crippen molar-refractivity contribution in [3.8, 4) is 0 Å². The van der Waals surface area contributed by atoms with E-state index >= 15 is 0 Å². The molecule has 0 aromatic carbocycles. The summed E-state index contributed by atoms with van der Waals surface area (Å²) in [6, 6.07) is 0.395. The molecule has 184 valence electrons. The lowest BCUT2D eigenvalue weighted by Gasteiger charge is -2.35. The van der Waals surface area contributed by atoms with Crippen LogP contribution < -0.4 is 5.32 Å². The van der Waals surface area contributed by atoms with Crippen LogP contribution in [0.15, 0.2) is 0 Å². The normalized spacial score (nSPS) is 30.2. The average Bonchev–Trinajstić information content (AvgIpc) is 2.71. The number of thioether (sulfide) groups is 1. The third kappa shape index (κ3) is 11.4. The second-order valence-corrected chi connectivity index (χ2v) is 12.0. The Kier molecular flexibility index (Phi) is 13.7. The summed E-state index contributed by atoms with van der Waals surface area (Å²) in [5, 5.41) is 14.9. The summed E-state index contributed by atoms with van der Waals surface area (Å²) in [6.07, 6.45) is 13.1. The van der Waals surface area contributed by atoms with Gasteiger partial charge < -0.3 is 15.2 Å². The first-order valence-corrected chi connectivity index (χ1v) is 14.0. The Morgan fingerprint density at radius 1 is 1.10 bits per heavy atom. The van der Waals surface area contributed by atoms with Crippen molar-refractivity contribution < 1.29 is 14.6 Å². The van der Waals surface area contributed by atoms with Crippen molar-refractivity contribution in [2.45, 2.75) is 136 Å². The maximum Gasteiger partial charge on any atom is 0.306 e. The van der Waals surface area contributed by atoms with Crippen molar-refractivity contribution in [3.05, 3.63) is 0 Å². The van der Waals surface area contributed by atoms with Crippen LogP contribution in [0.5, 0.6) is 0 Å². The highest BCUT2D eigenvalue weighted by molar-refractivity contribution is 7.99. The van der Waals surface area contributed by atoms with Crippen LogP contribution in [0.4, 0.5) is 0 Å². The Hall–Kier alpha value is -0.260. The lowest BCUT2D eigenvalue weighted by Crippen LogP contribution is -2.37. The number of hydrogen-bond donors (Lipinski definition) is 2. The van der Waals surface area contributed by atoms with Gasteiger partial charge in [-0.15, -0.1) is 11.8 Å². The van der Waals surface area contributed by atoms with Crippen molar-refractivity contribution in [2.75, 3.05) is 6.26 Å². The van der Waals surface area contributed by atoms with Gasteiger partial charge in [0.15, 0.2) is 0 Å². The molecule has 0 aliphatic carbocycles. The van der Waals surface area contributed by atoms with E-state index in [1.54, 1.807) is 0 Å². The Balaban J connectivity index is 2.76. The van der Waals surface area contributed by atoms with E-state index < -0.39 is 0 Å². The van der Waals surface area contributed by atoms with Crippen LogP contribution in [-0.4, -0.2) is 41.0 Å². The predicted octanol–water partition coefficient (Wildman–Crippen LogP) is 6.55. The molecule has 1 saturated heterocycles. The van der Waals surface area contributed by atoms with Gasteiger partial charge >= 0.3 is 5.97 Å². The van der Waals surface area contributed by atoms with Crippen LogP contribution >= 0.6 is 11.8 Å². The van der Waals surface area contributed by atoms with Crippen molar-refractivity contribution in [1.82, 2.24) is 5.32 Å². The molecule has 0 aromatic rings. The summed E-state index contributed by atoms with van der Waals surface area (Å²) in [7, 11) is 0. The van der Waals surface area contributed by atoms with Gasteiger partial charge in [0, 0.05) is 12.5 Å². The highest BCUT2D eigenvalue weighted by Gasteiger charge is 2.33. The molecule has 2 N–H and O–H groups in total. The summed E-state index contributed by atoms with van der Waals surface area (Å²) in [6.45, 7) is 13.0. The number of aliphatic hydroxyl groups is 1. The molecule has 0 radical (unpaired) electrons. The molecule has 1 aliphatic rings. The molecule has 4 nitrogen and oxygen atoms in total. The molecule has 0 saturated carbocycles. The number of nitrogens with one attached hydrogen (secondary N) is 1. The molecule has 1 rings (SSSR count). The largest absolute Gasteiger partial charge is 0.462 e. The molecule has 0 bridgehead atoms. The van der Waals surface area contributed by atoms with E-state index in [2.05, 4.69) is 53.1 Å². The van der Waals surface area contributed by atoms with Gasteiger partial charge in [-0.25, -0.2) is 0 Å². The van der Waals surface area contributed by atoms with Gasteiger partial charge in [0.2, 0.25) is 0 Å². The molecular weight excluding hydrogens is 406 g/mol. The molecule has 0 amide bonds. The lowest BCUT2D eigenvalue weighted by atomic mass is 9.75. The van der Waals surface area contributed by atoms with Crippen molar-refractivity contribution >= 4 is 17.7 Å². The number of ether oxygens (including phenoxy) is 1. The average molecular weight is 458 g/mol. The Bertz CT molecular complexity index is 499. The first kappa shape index (κ1) is 28.8. The Morgan fingerprint density at radius 2 is 1.68 bits per heavy atom. The smallest absolute Gasteiger partial charge is 0.306 e. The topological polar surface area (TPSA) is 58.6 Å². The van der Waals surface area contributed by atoms with E-state index in [0.717, 1.165) is 25.7 Å². The van der Waals surface area contributed by atoms with Crippen molar-refractivity contribution in [2.24, 2.45) is 17.3 Å². The van der Waals surface area contributed by atoms with Crippen LogP contribution in [-0.2, 0) is 9.53 Å². The number of cyclic esters (lactones) is 1. The third-order valence-electron chi connectivity index (χ3n) is 7.23. The summed E-state index contributed by atoms with van der Waals surface area (Å²) < 4.78 is 6.05. The molecular formula is C26H51NO3S. The van der Waals surface area contributed by atoms with E-state index in [4.69, 9.17) is 4.74 Å². The van der Waals surface area contributed by atoms with E-state index in [-0.39, 0.29) is 29.5 Å². The Morgan fingerprint density at radius 3 is 2.29 bits per heavy atom. The molecule has 1 aliphatic heterocycles.